The van der Waals surface area contributed by atoms with Crippen molar-refractivity contribution >= 4 is 17.7 Å². The van der Waals surface area contributed by atoms with Crippen LogP contribution in [0, 0.1) is 0 Å². The summed E-state index contributed by atoms with van der Waals surface area (Å²) in [5.41, 5.74) is 6.35. The summed E-state index contributed by atoms with van der Waals surface area (Å²) in [5, 5.41) is 6.76. The quantitative estimate of drug-likeness (QED) is 0.311. The Bertz CT molecular complexity index is 344. The molecule has 0 radical (unpaired) electrons. The minimum atomic E-state index is -0.400. The first-order valence-corrected chi connectivity index (χ1v) is 3.61. The third-order valence-electron chi connectivity index (χ3n) is 1.37. The van der Waals surface area contributed by atoms with Gasteiger partial charge in [-0.05, 0) is 18.2 Å². The molecule has 14 heavy (non-hydrogen) atoms. The molecule has 0 aliphatic carbocycles. The van der Waals surface area contributed by atoms with Crippen molar-refractivity contribution in [1.29, 1.82) is 0 Å². The van der Waals surface area contributed by atoms with Crippen LogP contribution in [0.5, 0.6) is 0 Å². The second-order valence-corrected chi connectivity index (χ2v) is 2.17. The van der Waals surface area contributed by atoms with Crippen molar-refractivity contribution in [2.75, 3.05) is 12.8 Å². The SMILES string of the molecule is COC(=O)c1ccccc1N.[N-]=C=O. The predicted octanol–water partition coefficient (Wildman–Crippen LogP) is 0.947. The zero-order valence-electron chi connectivity index (χ0n) is 7.56. The summed E-state index contributed by atoms with van der Waals surface area (Å²) < 4.78 is 4.50. The Balaban J connectivity index is 0.000000500. The minimum absolute atomic E-state index is 0.400. The first kappa shape index (κ1) is 11.9. The molecule has 5 nitrogen and oxygen atoms in total. The van der Waals surface area contributed by atoms with Gasteiger partial charge in [0.25, 0.3) is 0 Å². The van der Waals surface area contributed by atoms with Crippen molar-refractivity contribution in [2.24, 2.45) is 0 Å². The van der Waals surface area contributed by atoms with Gasteiger partial charge in [-0.15, -0.1) is 0 Å². The molecule has 2 N–H and O–H groups in total. The van der Waals surface area contributed by atoms with E-state index < -0.39 is 5.97 Å². The van der Waals surface area contributed by atoms with Gasteiger partial charge >= 0.3 is 5.97 Å². The molecule has 0 spiro atoms. The fourth-order valence-electron chi connectivity index (χ4n) is 0.793. The van der Waals surface area contributed by atoms with Crippen LogP contribution in [0.15, 0.2) is 24.3 Å². The summed E-state index contributed by atoms with van der Waals surface area (Å²) in [6.45, 7) is 0. The zero-order valence-corrected chi connectivity index (χ0v) is 7.56. The van der Waals surface area contributed by atoms with E-state index in [4.69, 9.17) is 15.9 Å². The number of methoxy groups -OCH3 is 1. The Morgan fingerprint density at radius 2 is 2.00 bits per heavy atom. The number of isocyanates is 1. The number of nitrogen functional groups attached to an aromatic ring is 1. The largest absolute Gasteiger partial charge is 0.724 e. The number of hydrogen-bond donors (Lipinski definition) is 1. The summed E-state index contributed by atoms with van der Waals surface area (Å²) in [4.78, 5) is 19.2. The highest BCUT2D eigenvalue weighted by Crippen LogP contribution is 2.10. The highest BCUT2D eigenvalue weighted by Gasteiger charge is 2.06. The summed E-state index contributed by atoms with van der Waals surface area (Å²) in [6, 6.07) is 6.79. The molecule has 1 aromatic carbocycles. The first-order chi connectivity index (χ1) is 6.67. The molecule has 0 bridgehead atoms. The van der Waals surface area contributed by atoms with Crippen molar-refractivity contribution in [3.63, 3.8) is 0 Å². The van der Waals surface area contributed by atoms with Gasteiger partial charge in [0, 0.05) is 5.69 Å². The zero-order chi connectivity index (χ0) is 11.0. The van der Waals surface area contributed by atoms with Crippen molar-refractivity contribution < 1.29 is 14.3 Å². The van der Waals surface area contributed by atoms with Crippen LogP contribution in [-0.4, -0.2) is 19.2 Å². The van der Waals surface area contributed by atoms with Crippen LogP contribution in [0.3, 0.4) is 0 Å². The fourth-order valence-corrected chi connectivity index (χ4v) is 0.793. The number of carbonyl (C=O) groups excluding carboxylic acids is 2. The molecule has 0 saturated heterocycles. The molecule has 0 aliphatic heterocycles. The molecule has 74 valence electrons. The Hall–Kier alpha value is -2.13. The second kappa shape index (κ2) is 6.39. The van der Waals surface area contributed by atoms with E-state index in [9.17, 15) is 4.79 Å². The van der Waals surface area contributed by atoms with Crippen molar-refractivity contribution in [1.82, 2.24) is 0 Å². The van der Waals surface area contributed by atoms with Crippen LogP contribution in [0.2, 0.25) is 0 Å². The summed E-state index contributed by atoms with van der Waals surface area (Å²) in [7, 11) is 1.33. The van der Waals surface area contributed by atoms with Crippen molar-refractivity contribution in [3.05, 3.63) is 35.2 Å². The van der Waals surface area contributed by atoms with Gasteiger partial charge in [0.05, 0.1) is 12.7 Å². The number of esters is 1. The molecule has 0 unspecified atom stereocenters. The number of anilines is 1. The number of carbonyl (C=O) groups is 1. The Labute approximate surface area is 81.0 Å². The first-order valence-electron chi connectivity index (χ1n) is 3.61. The summed E-state index contributed by atoms with van der Waals surface area (Å²) in [5.74, 6) is -0.400. The van der Waals surface area contributed by atoms with E-state index in [0.717, 1.165) is 0 Å². The number of para-hydroxylation sites is 1. The highest BCUT2D eigenvalue weighted by atomic mass is 16.5. The lowest BCUT2D eigenvalue weighted by Gasteiger charge is -2.00. The van der Waals surface area contributed by atoms with Crippen LogP contribution in [0.1, 0.15) is 10.4 Å². The number of hydrogen-bond acceptors (Lipinski definition) is 4. The molecule has 1 rings (SSSR count). The highest BCUT2D eigenvalue weighted by molar-refractivity contribution is 5.94. The molecule has 5 heteroatoms. The maximum atomic E-state index is 10.9. The Morgan fingerprint density at radius 3 is 2.43 bits per heavy atom. The minimum Gasteiger partial charge on any atom is -0.724 e. The van der Waals surface area contributed by atoms with E-state index in [1.165, 1.54) is 7.11 Å². The average Bonchev–Trinajstić information content (AvgIpc) is 2.19. The van der Waals surface area contributed by atoms with Gasteiger partial charge in [0.1, 0.15) is 0 Å². The topological polar surface area (TPSA) is 91.7 Å². The van der Waals surface area contributed by atoms with Gasteiger partial charge in [-0.2, -0.15) is 0 Å². The van der Waals surface area contributed by atoms with Crippen LogP contribution in [0.4, 0.5) is 5.69 Å². The average molecular weight is 193 g/mol. The van der Waals surface area contributed by atoms with Gasteiger partial charge in [-0.25, -0.2) is 4.79 Å². The number of benzene rings is 1. The summed E-state index contributed by atoms with van der Waals surface area (Å²) >= 11 is 0. The maximum Gasteiger partial charge on any atom is 0.339 e. The maximum absolute atomic E-state index is 10.9. The van der Waals surface area contributed by atoms with Crippen LogP contribution in [-0.2, 0) is 9.53 Å². The van der Waals surface area contributed by atoms with E-state index in [1.54, 1.807) is 24.3 Å². The normalized spacial score (nSPS) is 7.79. The van der Waals surface area contributed by atoms with Crippen LogP contribution >= 0.6 is 0 Å². The monoisotopic (exact) mass is 193 g/mol. The van der Waals surface area contributed by atoms with E-state index >= 15 is 0 Å². The van der Waals surface area contributed by atoms with Gasteiger partial charge in [0.15, 0.2) is 0 Å². The predicted molar refractivity (Wildman–Crippen MR) is 51.2 cm³/mol. The lowest BCUT2D eigenvalue weighted by Crippen LogP contribution is -2.04. The second-order valence-electron chi connectivity index (χ2n) is 2.17. The molecule has 1 aromatic rings. The smallest absolute Gasteiger partial charge is 0.339 e. The van der Waals surface area contributed by atoms with E-state index in [0.29, 0.717) is 17.3 Å². The molecular formula is C9H9N2O3-. The summed E-state index contributed by atoms with van der Waals surface area (Å²) in [6.07, 6.45) is 0.500. The molecule has 0 heterocycles. The lowest BCUT2D eigenvalue weighted by atomic mass is 10.2. The molecule has 0 amide bonds. The number of rotatable bonds is 1. The van der Waals surface area contributed by atoms with Crippen LogP contribution in [0.25, 0.3) is 5.41 Å². The van der Waals surface area contributed by atoms with E-state index in [1.807, 2.05) is 0 Å². The Morgan fingerprint density at radius 1 is 1.50 bits per heavy atom. The van der Waals surface area contributed by atoms with E-state index in [2.05, 4.69) is 4.74 Å². The van der Waals surface area contributed by atoms with Crippen LogP contribution < -0.4 is 5.73 Å². The van der Waals surface area contributed by atoms with Gasteiger partial charge in [-0.1, -0.05) is 12.1 Å². The molecule has 0 atom stereocenters. The fraction of sp³-hybridized carbons (Fsp3) is 0.111. The third kappa shape index (κ3) is 3.51. The van der Waals surface area contributed by atoms with E-state index in [-0.39, 0.29) is 0 Å². The Kier molecular flexibility index (Phi) is 5.42. The number of nitrogens with zero attached hydrogens (tertiary/aromatic N) is 1. The number of nitrogens with two attached hydrogens (primary N) is 1. The lowest BCUT2D eigenvalue weighted by molar-refractivity contribution is 0.0602. The molecular weight excluding hydrogens is 184 g/mol. The van der Waals surface area contributed by atoms with Gasteiger partial charge in [0.2, 0.25) is 0 Å². The molecule has 0 aliphatic rings. The van der Waals surface area contributed by atoms with Gasteiger partial charge < -0.3 is 15.9 Å². The van der Waals surface area contributed by atoms with Gasteiger partial charge in [-0.3, -0.25) is 4.79 Å². The number of ether oxygens (including phenoxy) is 1. The van der Waals surface area contributed by atoms with Crippen molar-refractivity contribution in [3.8, 4) is 0 Å². The molecule has 0 aromatic heterocycles. The molecule has 0 fully saturated rings. The standard InChI is InChI=1S/C8H9NO2.CNO/c1-11-8(10)6-4-2-3-5-7(6)9;2-1-3/h2-5H,9H2,1H3;/q;-1. The third-order valence-corrected chi connectivity index (χ3v) is 1.37. The molecule has 0 saturated carbocycles. The van der Waals surface area contributed by atoms with Crippen molar-refractivity contribution in [2.45, 2.75) is 0 Å².